The summed E-state index contributed by atoms with van der Waals surface area (Å²) in [5, 5.41) is 4.40. The first-order chi connectivity index (χ1) is 11.0. The zero-order chi connectivity index (χ0) is 16.4. The Morgan fingerprint density at radius 2 is 2.09 bits per heavy atom. The second-order valence-corrected chi connectivity index (χ2v) is 6.78. The molecule has 2 N–H and O–H groups in total. The van der Waals surface area contributed by atoms with E-state index in [4.69, 9.17) is 5.73 Å². The van der Waals surface area contributed by atoms with Crippen LogP contribution in [0.4, 0.5) is 0 Å². The minimum Gasteiger partial charge on any atom is -0.338 e. The van der Waals surface area contributed by atoms with E-state index in [2.05, 4.69) is 24.2 Å². The van der Waals surface area contributed by atoms with E-state index in [1.807, 2.05) is 34.7 Å². The third kappa shape index (κ3) is 3.15. The summed E-state index contributed by atoms with van der Waals surface area (Å²) in [6.07, 6.45) is 2.66. The number of aromatic nitrogens is 2. The Bertz CT molecular complexity index is 694. The molecule has 122 valence electrons. The van der Waals surface area contributed by atoms with Crippen LogP contribution in [0.15, 0.2) is 36.5 Å². The predicted molar refractivity (Wildman–Crippen MR) is 90.2 cm³/mol. The molecule has 5 nitrogen and oxygen atoms in total. The van der Waals surface area contributed by atoms with Crippen LogP contribution >= 0.6 is 0 Å². The van der Waals surface area contributed by atoms with Crippen LogP contribution in [0.2, 0.25) is 0 Å². The quantitative estimate of drug-likeness (QED) is 0.940. The summed E-state index contributed by atoms with van der Waals surface area (Å²) < 4.78 is 1.89. The van der Waals surface area contributed by atoms with Gasteiger partial charge in [0, 0.05) is 18.8 Å². The van der Waals surface area contributed by atoms with Gasteiger partial charge >= 0.3 is 0 Å². The van der Waals surface area contributed by atoms with Crippen LogP contribution in [0.3, 0.4) is 0 Å². The lowest BCUT2D eigenvalue weighted by molar-refractivity contribution is 0.0776. The maximum absolute atomic E-state index is 12.8. The molecule has 1 aromatic heterocycles. The molecule has 1 fully saturated rings. The Morgan fingerprint density at radius 3 is 2.74 bits per heavy atom. The number of amides is 1. The number of hydrogen-bond acceptors (Lipinski definition) is 3. The summed E-state index contributed by atoms with van der Waals surface area (Å²) in [5.41, 5.74) is 8.67. The molecule has 1 aliphatic rings. The van der Waals surface area contributed by atoms with Crippen LogP contribution in [0.1, 0.15) is 35.0 Å². The smallest absolute Gasteiger partial charge is 0.257 e. The maximum Gasteiger partial charge on any atom is 0.257 e. The van der Waals surface area contributed by atoms with Crippen molar-refractivity contribution in [1.29, 1.82) is 0 Å². The van der Waals surface area contributed by atoms with Crippen LogP contribution in [0.5, 0.6) is 0 Å². The average Bonchev–Trinajstić information content (AvgIpc) is 3.13. The van der Waals surface area contributed by atoms with E-state index < -0.39 is 0 Å². The highest BCUT2D eigenvalue weighted by Crippen LogP contribution is 2.29. The highest BCUT2D eigenvalue weighted by molar-refractivity contribution is 5.95. The Balaban J connectivity index is 1.76. The van der Waals surface area contributed by atoms with E-state index in [0.29, 0.717) is 18.7 Å². The fourth-order valence-electron chi connectivity index (χ4n) is 3.11. The van der Waals surface area contributed by atoms with Gasteiger partial charge in [-0.05, 0) is 30.9 Å². The van der Waals surface area contributed by atoms with Crippen molar-refractivity contribution in [3.05, 3.63) is 53.3 Å². The van der Waals surface area contributed by atoms with E-state index >= 15 is 0 Å². The molecule has 5 heteroatoms. The fourth-order valence-corrected chi connectivity index (χ4v) is 3.11. The molecule has 23 heavy (non-hydrogen) atoms. The monoisotopic (exact) mass is 312 g/mol. The van der Waals surface area contributed by atoms with Crippen LogP contribution in [0.25, 0.3) is 0 Å². The Hall–Kier alpha value is -2.14. The Morgan fingerprint density at radius 1 is 1.35 bits per heavy atom. The molecule has 1 aromatic carbocycles. The van der Waals surface area contributed by atoms with Crippen LogP contribution in [0, 0.1) is 12.3 Å². The highest BCUT2D eigenvalue weighted by atomic mass is 16.2. The molecule has 1 unspecified atom stereocenters. The minimum atomic E-state index is 0.0452. The summed E-state index contributed by atoms with van der Waals surface area (Å²) in [5.74, 6) is 0.0685. The lowest BCUT2D eigenvalue weighted by Gasteiger charge is -2.22. The van der Waals surface area contributed by atoms with Gasteiger partial charge in [-0.3, -0.25) is 9.48 Å². The van der Waals surface area contributed by atoms with Crippen molar-refractivity contribution >= 4 is 5.91 Å². The van der Waals surface area contributed by atoms with Gasteiger partial charge < -0.3 is 10.6 Å². The Kier molecular flexibility index (Phi) is 4.22. The van der Waals surface area contributed by atoms with E-state index in [1.54, 1.807) is 6.20 Å². The van der Waals surface area contributed by atoms with Gasteiger partial charge in [0.2, 0.25) is 0 Å². The van der Waals surface area contributed by atoms with Gasteiger partial charge in [-0.15, -0.1) is 0 Å². The number of rotatable bonds is 4. The molecule has 0 saturated carbocycles. The van der Waals surface area contributed by atoms with E-state index in [9.17, 15) is 4.79 Å². The minimum absolute atomic E-state index is 0.0452. The van der Waals surface area contributed by atoms with Gasteiger partial charge in [0.25, 0.3) is 5.91 Å². The van der Waals surface area contributed by atoms with Gasteiger partial charge in [0.1, 0.15) is 0 Å². The van der Waals surface area contributed by atoms with Gasteiger partial charge in [0.05, 0.1) is 18.3 Å². The SMILES string of the molecule is Cc1c(C(=O)N2CCC(C)(CN)C2)cnn1Cc1ccccc1. The third-order valence-electron chi connectivity index (χ3n) is 4.85. The number of carbonyl (C=O) groups is 1. The topological polar surface area (TPSA) is 64.2 Å². The second kappa shape index (κ2) is 6.16. The lowest BCUT2D eigenvalue weighted by Crippen LogP contribution is -2.34. The van der Waals surface area contributed by atoms with Gasteiger partial charge in [-0.25, -0.2) is 0 Å². The second-order valence-electron chi connectivity index (χ2n) is 6.78. The molecule has 1 atom stereocenters. The van der Waals surface area contributed by atoms with Crippen molar-refractivity contribution in [2.75, 3.05) is 19.6 Å². The number of likely N-dealkylation sites (tertiary alicyclic amines) is 1. The van der Waals surface area contributed by atoms with Gasteiger partial charge in [0.15, 0.2) is 0 Å². The van der Waals surface area contributed by atoms with Crippen LogP contribution in [-0.2, 0) is 6.54 Å². The largest absolute Gasteiger partial charge is 0.338 e. The van der Waals surface area contributed by atoms with Crippen LogP contribution in [-0.4, -0.2) is 40.2 Å². The molecule has 3 rings (SSSR count). The van der Waals surface area contributed by atoms with Crippen molar-refractivity contribution in [1.82, 2.24) is 14.7 Å². The number of benzene rings is 1. The number of hydrogen-bond donors (Lipinski definition) is 1. The first-order valence-electron chi connectivity index (χ1n) is 8.08. The Labute approximate surface area is 137 Å². The van der Waals surface area contributed by atoms with Crippen molar-refractivity contribution in [3.8, 4) is 0 Å². The van der Waals surface area contributed by atoms with Crippen LogP contribution < -0.4 is 5.73 Å². The molecule has 1 aliphatic heterocycles. The molecule has 2 aromatic rings. The molecule has 2 heterocycles. The summed E-state index contributed by atoms with van der Waals surface area (Å²) in [6.45, 7) is 6.90. The van der Waals surface area contributed by atoms with Crippen molar-refractivity contribution in [2.24, 2.45) is 11.1 Å². The van der Waals surface area contributed by atoms with E-state index in [1.165, 1.54) is 5.56 Å². The zero-order valence-corrected chi connectivity index (χ0v) is 13.8. The van der Waals surface area contributed by atoms with E-state index in [-0.39, 0.29) is 11.3 Å². The first kappa shape index (κ1) is 15.7. The van der Waals surface area contributed by atoms with Crippen molar-refractivity contribution in [2.45, 2.75) is 26.8 Å². The van der Waals surface area contributed by atoms with Gasteiger partial charge in [-0.2, -0.15) is 5.10 Å². The molecule has 0 spiro atoms. The molecular weight excluding hydrogens is 288 g/mol. The average molecular weight is 312 g/mol. The summed E-state index contributed by atoms with van der Waals surface area (Å²) in [7, 11) is 0. The number of carbonyl (C=O) groups excluding carboxylic acids is 1. The zero-order valence-electron chi connectivity index (χ0n) is 13.8. The summed E-state index contributed by atoms with van der Waals surface area (Å²) in [4.78, 5) is 14.7. The normalized spacial score (nSPS) is 20.9. The molecule has 1 amide bonds. The number of nitrogens with zero attached hydrogens (tertiary/aromatic N) is 3. The molecule has 0 bridgehead atoms. The predicted octanol–water partition coefficient (Wildman–Crippen LogP) is 2.05. The molecule has 0 radical (unpaired) electrons. The summed E-state index contributed by atoms with van der Waals surface area (Å²) in [6, 6.07) is 10.2. The maximum atomic E-state index is 12.8. The third-order valence-corrected chi connectivity index (χ3v) is 4.85. The molecule has 0 aliphatic carbocycles. The molecule has 1 saturated heterocycles. The van der Waals surface area contributed by atoms with Gasteiger partial charge in [-0.1, -0.05) is 37.3 Å². The number of nitrogens with two attached hydrogens (primary N) is 1. The highest BCUT2D eigenvalue weighted by Gasteiger charge is 2.36. The fraction of sp³-hybridized carbons (Fsp3) is 0.444. The lowest BCUT2D eigenvalue weighted by atomic mass is 9.90. The molecular formula is C18H24N4O. The first-order valence-corrected chi connectivity index (χ1v) is 8.08. The van der Waals surface area contributed by atoms with Crippen molar-refractivity contribution in [3.63, 3.8) is 0 Å². The summed E-state index contributed by atoms with van der Waals surface area (Å²) >= 11 is 0. The van der Waals surface area contributed by atoms with E-state index in [0.717, 1.165) is 25.2 Å². The standard InChI is InChI=1S/C18H24N4O/c1-14-16(17(23)21-9-8-18(2,12-19)13-21)10-20-22(14)11-15-6-4-3-5-7-15/h3-7,10H,8-9,11-13,19H2,1-2H3. The van der Waals surface area contributed by atoms with Crippen molar-refractivity contribution < 1.29 is 4.79 Å².